The van der Waals surface area contributed by atoms with E-state index in [1.807, 2.05) is 13.8 Å². The van der Waals surface area contributed by atoms with Crippen molar-refractivity contribution in [3.05, 3.63) is 42.0 Å². The third-order valence-electron chi connectivity index (χ3n) is 3.87. The topological polar surface area (TPSA) is 105 Å². The third-order valence-corrected chi connectivity index (χ3v) is 3.87. The summed E-state index contributed by atoms with van der Waals surface area (Å²) in [5.74, 6) is -2.85. The SMILES string of the molecule is CC(C)Oc1ccc(C(=O)NNC(=O)C2CC=CCC2C(=O)O)cc1. The van der Waals surface area contributed by atoms with Crippen molar-refractivity contribution in [1.82, 2.24) is 10.9 Å². The average Bonchev–Trinajstić information content (AvgIpc) is 2.59. The Labute approximate surface area is 146 Å². The standard InChI is InChI=1S/C18H22N2O5/c1-11(2)25-13-9-7-12(8-10-13)16(21)19-20-17(22)14-5-3-4-6-15(14)18(23)24/h3-4,7-11,14-15H,5-6H2,1-2H3,(H,19,21)(H,20,22)(H,23,24). The van der Waals surface area contributed by atoms with Gasteiger partial charge in [0.15, 0.2) is 0 Å². The number of hydrogen-bond donors (Lipinski definition) is 3. The van der Waals surface area contributed by atoms with Crippen LogP contribution in [0, 0.1) is 11.8 Å². The molecule has 2 unspecified atom stereocenters. The third kappa shape index (κ3) is 5.07. The smallest absolute Gasteiger partial charge is 0.307 e. The number of carboxylic acids is 1. The van der Waals surface area contributed by atoms with E-state index >= 15 is 0 Å². The summed E-state index contributed by atoms with van der Waals surface area (Å²) in [6.45, 7) is 3.81. The zero-order valence-electron chi connectivity index (χ0n) is 14.2. The van der Waals surface area contributed by atoms with Crippen LogP contribution in [-0.4, -0.2) is 29.0 Å². The van der Waals surface area contributed by atoms with Gasteiger partial charge in [-0.25, -0.2) is 0 Å². The number of carbonyl (C=O) groups is 3. The van der Waals surface area contributed by atoms with Gasteiger partial charge in [0, 0.05) is 5.56 Å². The van der Waals surface area contributed by atoms with Crippen LogP contribution >= 0.6 is 0 Å². The van der Waals surface area contributed by atoms with E-state index in [1.165, 1.54) is 0 Å². The molecule has 2 amide bonds. The number of hydrazine groups is 1. The molecule has 1 aliphatic rings. The van der Waals surface area contributed by atoms with Crippen molar-refractivity contribution in [2.45, 2.75) is 32.8 Å². The van der Waals surface area contributed by atoms with Gasteiger partial charge in [-0.3, -0.25) is 25.2 Å². The zero-order valence-corrected chi connectivity index (χ0v) is 14.2. The van der Waals surface area contributed by atoms with E-state index < -0.39 is 29.6 Å². The number of allylic oxidation sites excluding steroid dienone is 2. The van der Waals surface area contributed by atoms with Gasteiger partial charge in [-0.15, -0.1) is 0 Å². The molecule has 2 rings (SSSR count). The first kappa shape index (κ1) is 18.5. The fourth-order valence-corrected chi connectivity index (χ4v) is 2.62. The van der Waals surface area contributed by atoms with E-state index in [4.69, 9.17) is 4.74 Å². The van der Waals surface area contributed by atoms with Crippen LogP contribution in [-0.2, 0) is 9.59 Å². The van der Waals surface area contributed by atoms with Crippen molar-refractivity contribution in [2.75, 3.05) is 0 Å². The fourth-order valence-electron chi connectivity index (χ4n) is 2.62. The van der Waals surface area contributed by atoms with Gasteiger partial charge in [0.05, 0.1) is 17.9 Å². The summed E-state index contributed by atoms with van der Waals surface area (Å²) < 4.78 is 5.50. The molecule has 0 aliphatic heterocycles. The van der Waals surface area contributed by atoms with Crippen molar-refractivity contribution in [3.63, 3.8) is 0 Å². The summed E-state index contributed by atoms with van der Waals surface area (Å²) in [5, 5.41) is 9.19. The lowest BCUT2D eigenvalue weighted by Crippen LogP contribution is -2.47. The molecule has 0 spiro atoms. The highest BCUT2D eigenvalue weighted by atomic mass is 16.5. The van der Waals surface area contributed by atoms with Crippen LogP contribution in [0.2, 0.25) is 0 Å². The Morgan fingerprint density at radius 2 is 1.64 bits per heavy atom. The lowest BCUT2D eigenvalue weighted by atomic mass is 9.82. The summed E-state index contributed by atoms with van der Waals surface area (Å²) >= 11 is 0. The van der Waals surface area contributed by atoms with Gasteiger partial charge in [0.1, 0.15) is 5.75 Å². The van der Waals surface area contributed by atoms with Crippen molar-refractivity contribution >= 4 is 17.8 Å². The van der Waals surface area contributed by atoms with Crippen LogP contribution in [0.3, 0.4) is 0 Å². The van der Waals surface area contributed by atoms with Crippen LogP contribution in [0.4, 0.5) is 0 Å². The number of hydrogen-bond acceptors (Lipinski definition) is 4. The maximum atomic E-state index is 12.2. The van der Waals surface area contributed by atoms with Gasteiger partial charge in [-0.05, 0) is 51.0 Å². The molecule has 0 saturated heterocycles. The van der Waals surface area contributed by atoms with E-state index in [1.54, 1.807) is 36.4 Å². The molecule has 0 saturated carbocycles. The number of carboxylic acid groups (broad SMARTS) is 1. The Kier molecular flexibility index (Phi) is 6.16. The molecule has 2 atom stereocenters. The van der Waals surface area contributed by atoms with Crippen molar-refractivity contribution in [1.29, 1.82) is 0 Å². The molecule has 0 radical (unpaired) electrons. The highest BCUT2D eigenvalue weighted by molar-refractivity contribution is 5.96. The maximum absolute atomic E-state index is 12.2. The maximum Gasteiger partial charge on any atom is 0.307 e. The van der Waals surface area contributed by atoms with E-state index in [0.29, 0.717) is 24.2 Å². The molecule has 25 heavy (non-hydrogen) atoms. The van der Waals surface area contributed by atoms with E-state index in [2.05, 4.69) is 10.9 Å². The Hall–Kier alpha value is -2.83. The summed E-state index contributed by atoms with van der Waals surface area (Å²) in [7, 11) is 0. The molecule has 0 heterocycles. The van der Waals surface area contributed by atoms with E-state index in [9.17, 15) is 19.5 Å². The van der Waals surface area contributed by atoms with Gasteiger partial charge in [-0.1, -0.05) is 12.2 Å². The molecule has 0 bridgehead atoms. The Balaban J connectivity index is 1.91. The van der Waals surface area contributed by atoms with Crippen LogP contribution in [0.15, 0.2) is 36.4 Å². The number of benzene rings is 1. The number of ether oxygens (including phenoxy) is 1. The summed E-state index contributed by atoms with van der Waals surface area (Å²) in [6, 6.07) is 6.51. The largest absolute Gasteiger partial charge is 0.491 e. The molecule has 7 nitrogen and oxygen atoms in total. The molecule has 0 aromatic heterocycles. The first-order valence-electron chi connectivity index (χ1n) is 8.13. The molecular formula is C18H22N2O5. The van der Waals surface area contributed by atoms with Crippen molar-refractivity contribution in [3.8, 4) is 5.75 Å². The minimum absolute atomic E-state index is 0.0330. The number of rotatable bonds is 5. The Morgan fingerprint density at radius 1 is 1.04 bits per heavy atom. The second kappa shape index (κ2) is 8.32. The van der Waals surface area contributed by atoms with Crippen LogP contribution < -0.4 is 15.6 Å². The zero-order chi connectivity index (χ0) is 18.4. The molecule has 134 valence electrons. The molecule has 3 N–H and O–H groups in total. The lowest BCUT2D eigenvalue weighted by Gasteiger charge is -2.24. The quantitative estimate of drug-likeness (QED) is 0.558. The molecular weight excluding hydrogens is 324 g/mol. The normalized spacial score (nSPS) is 19.3. The first-order chi connectivity index (χ1) is 11.9. The molecule has 1 aromatic rings. The van der Waals surface area contributed by atoms with Gasteiger partial charge in [0.25, 0.3) is 5.91 Å². The first-order valence-corrected chi connectivity index (χ1v) is 8.13. The number of amides is 2. The van der Waals surface area contributed by atoms with Crippen molar-refractivity contribution < 1.29 is 24.2 Å². The van der Waals surface area contributed by atoms with Gasteiger partial charge in [-0.2, -0.15) is 0 Å². The van der Waals surface area contributed by atoms with Crippen LogP contribution in [0.1, 0.15) is 37.0 Å². The highest BCUT2D eigenvalue weighted by Crippen LogP contribution is 2.25. The second-order valence-corrected chi connectivity index (χ2v) is 6.13. The van der Waals surface area contributed by atoms with Crippen molar-refractivity contribution in [2.24, 2.45) is 11.8 Å². The van der Waals surface area contributed by atoms with E-state index in [-0.39, 0.29) is 6.10 Å². The fraction of sp³-hybridized carbons (Fsp3) is 0.389. The number of aliphatic carboxylic acids is 1. The van der Waals surface area contributed by atoms with Gasteiger partial charge >= 0.3 is 5.97 Å². The van der Waals surface area contributed by atoms with Gasteiger partial charge in [0.2, 0.25) is 5.91 Å². The summed E-state index contributed by atoms with van der Waals surface area (Å²) in [5.41, 5.74) is 4.99. The monoisotopic (exact) mass is 346 g/mol. The average molecular weight is 346 g/mol. The Morgan fingerprint density at radius 3 is 2.20 bits per heavy atom. The predicted octanol–water partition coefficient (Wildman–Crippen LogP) is 1.90. The number of carbonyl (C=O) groups excluding carboxylic acids is 2. The molecule has 1 aliphatic carbocycles. The predicted molar refractivity (Wildman–Crippen MR) is 90.8 cm³/mol. The van der Waals surface area contributed by atoms with Crippen LogP contribution in [0.25, 0.3) is 0 Å². The van der Waals surface area contributed by atoms with E-state index in [0.717, 1.165) is 0 Å². The highest BCUT2D eigenvalue weighted by Gasteiger charge is 2.34. The van der Waals surface area contributed by atoms with Crippen LogP contribution in [0.5, 0.6) is 5.75 Å². The molecule has 7 heteroatoms. The minimum atomic E-state index is -1.02. The Bertz CT molecular complexity index is 667. The second-order valence-electron chi connectivity index (χ2n) is 6.13. The minimum Gasteiger partial charge on any atom is -0.491 e. The lowest BCUT2D eigenvalue weighted by molar-refractivity contribution is -0.147. The summed E-state index contributed by atoms with van der Waals surface area (Å²) in [4.78, 5) is 35.5. The molecule has 0 fully saturated rings. The number of nitrogens with one attached hydrogen (secondary N) is 2. The summed E-state index contributed by atoms with van der Waals surface area (Å²) in [6.07, 6.45) is 4.20. The van der Waals surface area contributed by atoms with Gasteiger partial charge < -0.3 is 9.84 Å². The molecule has 1 aromatic carbocycles.